The van der Waals surface area contributed by atoms with Gasteiger partial charge in [-0.3, -0.25) is 4.79 Å². The van der Waals surface area contributed by atoms with E-state index in [1.807, 2.05) is 11.0 Å². The predicted octanol–water partition coefficient (Wildman–Crippen LogP) is 3.11. The maximum atomic E-state index is 12.0. The third-order valence-electron chi connectivity index (χ3n) is 3.05. The normalized spacial score (nSPS) is 14.7. The minimum atomic E-state index is 0.184. The Morgan fingerprint density at radius 1 is 1.47 bits per heavy atom. The van der Waals surface area contributed by atoms with Crippen molar-refractivity contribution in [2.75, 3.05) is 5.88 Å². The average molecular weight is 252 g/mol. The second-order valence-corrected chi connectivity index (χ2v) is 5.06. The molecule has 3 heteroatoms. The molecule has 1 amide bonds. The Labute approximate surface area is 108 Å². The maximum absolute atomic E-state index is 12.0. The molecule has 1 fully saturated rings. The predicted molar refractivity (Wildman–Crippen MR) is 70.1 cm³/mol. The first kappa shape index (κ1) is 12.4. The fourth-order valence-corrected chi connectivity index (χ4v) is 2.20. The summed E-state index contributed by atoms with van der Waals surface area (Å²) in [6, 6.07) is 8.79. The number of rotatable bonds is 5. The number of carbonyl (C=O) groups excluding carboxylic acids is 1. The van der Waals surface area contributed by atoms with Gasteiger partial charge in [0.1, 0.15) is 0 Å². The molecule has 1 aliphatic rings. The molecule has 0 spiro atoms. The van der Waals surface area contributed by atoms with Gasteiger partial charge in [-0.15, -0.1) is 11.6 Å². The molecule has 1 saturated carbocycles. The van der Waals surface area contributed by atoms with Crippen LogP contribution in [0.5, 0.6) is 0 Å². The standard InChI is InChI=1S/C14H18ClNO/c1-11-3-2-4-12(9-11)10-16(13-5-6-13)14(17)7-8-15/h2-4,9,13H,5-8,10H2,1H3. The number of hydrogen-bond acceptors (Lipinski definition) is 1. The molecule has 2 nitrogen and oxygen atoms in total. The molecular formula is C14H18ClNO. The number of nitrogens with zero attached hydrogens (tertiary/aromatic N) is 1. The fourth-order valence-electron chi connectivity index (χ4n) is 2.04. The SMILES string of the molecule is Cc1cccc(CN(C(=O)CCCl)C2CC2)c1. The monoisotopic (exact) mass is 251 g/mol. The van der Waals surface area contributed by atoms with Crippen LogP contribution in [-0.4, -0.2) is 22.7 Å². The van der Waals surface area contributed by atoms with Gasteiger partial charge in [0.15, 0.2) is 0 Å². The minimum absolute atomic E-state index is 0.184. The Morgan fingerprint density at radius 2 is 2.24 bits per heavy atom. The van der Waals surface area contributed by atoms with Crippen LogP contribution >= 0.6 is 11.6 Å². The molecule has 0 N–H and O–H groups in total. The third kappa shape index (κ3) is 3.47. The van der Waals surface area contributed by atoms with E-state index in [4.69, 9.17) is 11.6 Å². The number of carbonyl (C=O) groups is 1. The van der Waals surface area contributed by atoms with E-state index in [0.717, 1.165) is 19.4 Å². The van der Waals surface area contributed by atoms with Crippen molar-refractivity contribution in [3.8, 4) is 0 Å². The molecule has 1 aliphatic carbocycles. The zero-order valence-electron chi connectivity index (χ0n) is 10.2. The van der Waals surface area contributed by atoms with Crippen LogP contribution in [0.15, 0.2) is 24.3 Å². The van der Waals surface area contributed by atoms with Crippen LogP contribution in [-0.2, 0) is 11.3 Å². The van der Waals surface area contributed by atoms with Gasteiger partial charge in [0.2, 0.25) is 5.91 Å². The highest BCUT2D eigenvalue weighted by molar-refractivity contribution is 6.18. The van der Waals surface area contributed by atoms with Crippen molar-refractivity contribution in [2.45, 2.75) is 38.8 Å². The summed E-state index contributed by atoms with van der Waals surface area (Å²) in [6.07, 6.45) is 2.73. The molecular weight excluding hydrogens is 234 g/mol. The lowest BCUT2D eigenvalue weighted by molar-refractivity contribution is -0.132. The summed E-state index contributed by atoms with van der Waals surface area (Å²) in [7, 11) is 0. The number of aryl methyl sites for hydroxylation is 1. The van der Waals surface area contributed by atoms with Crippen LogP contribution in [0, 0.1) is 6.92 Å². The van der Waals surface area contributed by atoms with Crippen molar-refractivity contribution in [1.29, 1.82) is 0 Å². The Kier molecular flexibility index (Phi) is 4.06. The average Bonchev–Trinajstić information content (AvgIpc) is 3.10. The van der Waals surface area contributed by atoms with E-state index in [9.17, 15) is 4.79 Å². The fraction of sp³-hybridized carbons (Fsp3) is 0.500. The lowest BCUT2D eigenvalue weighted by Crippen LogP contribution is -2.32. The summed E-state index contributed by atoms with van der Waals surface area (Å²) >= 11 is 5.65. The van der Waals surface area contributed by atoms with Crippen molar-refractivity contribution in [3.05, 3.63) is 35.4 Å². The maximum Gasteiger partial charge on any atom is 0.224 e. The second-order valence-electron chi connectivity index (χ2n) is 4.68. The van der Waals surface area contributed by atoms with Crippen LogP contribution in [0.1, 0.15) is 30.4 Å². The van der Waals surface area contributed by atoms with Gasteiger partial charge in [-0.2, -0.15) is 0 Å². The van der Waals surface area contributed by atoms with Gasteiger partial charge in [0.05, 0.1) is 0 Å². The van der Waals surface area contributed by atoms with Gasteiger partial charge in [0.25, 0.3) is 0 Å². The summed E-state index contributed by atoms with van der Waals surface area (Å²) in [5.41, 5.74) is 2.45. The van der Waals surface area contributed by atoms with Crippen molar-refractivity contribution in [1.82, 2.24) is 4.90 Å². The van der Waals surface area contributed by atoms with E-state index in [0.29, 0.717) is 18.3 Å². The summed E-state index contributed by atoms with van der Waals surface area (Å²) in [5, 5.41) is 0. The molecule has 0 unspecified atom stereocenters. The number of benzene rings is 1. The highest BCUT2D eigenvalue weighted by Crippen LogP contribution is 2.29. The van der Waals surface area contributed by atoms with Crippen molar-refractivity contribution in [3.63, 3.8) is 0 Å². The molecule has 0 atom stereocenters. The molecule has 0 aromatic heterocycles. The Hall–Kier alpha value is -1.02. The van der Waals surface area contributed by atoms with Crippen molar-refractivity contribution in [2.24, 2.45) is 0 Å². The highest BCUT2D eigenvalue weighted by Gasteiger charge is 2.31. The Bertz CT molecular complexity index is 401. The van der Waals surface area contributed by atoms with Crippen LogP contribution in [0.2, 0.25) is 0 Å². The molecule has 92 valence electrons. The van der Waals surface area contributed by atoms with E-state index >= 15 is 0 Å². The van der Waals surface area contributed by atoms with Crippen molar-refractivity contribution < 1.29 is 4.79 Å². The first-order valence-electron chi connectivity index (χ1n) is 6.11. The lowest BCUT2D eigenvalue weighted by Gasteiger charge is -2.22. The molecule has 1 aromatic rings. The van der Waals surface area contributed by atoms with Crippen molar-refractivity contribution >= 4 is 17.5 Å². The second kappa shape index (κ2) is 5.54. The molecule has 0 saturated heterocycles. The van der Waals surface area contributed by atoms with Crippen LogP contribution in [0.4, 0.5) is 0 Å². The topological polar surface area (TPSA) is 20.3 Å². The number of halogens is 1. The quantitative estimate of drug-likeness (QED) is 0.737. The van der Waals surface area contributed by atoms with E-state index in [1.54, 1.807) is 0 Å². The van der Waals surface area contributed by atoms with E-state index in [-0.39, 0.29) is 5.91 Å². The van der Waals surface area contributed by atoms with Gasteiger partial charge in [-0.05, 0) is 25.3 Å². The molecule has 2 rings (SSSR count). The zero-order valence-corrected chi connectivity index (χ0v) is 10.9. The number of amides is 1. The molecule has 17 heavy (non-hydrogen) atoms. The lowest BCUT2D eigenvalue weighted by atomic mass is 10.1. The Morgan fingerprint density at radius 3 is 2.82 bits per heavy atom. The van der Waals surface area contributed by atoms with Crippen LogP contribution in [0.25, 0.3) is 0 Å². The van der Waals surface area contributed by atoms with Gasteiger partial charge < -0.3 is 4.90 Å². The molecule has 1 aromatic carbocycles. The summed E-state index contributed by atoms with van der Waals surface area (Å²) in [6.45, 7) is 2.80. The first-order chi connectivity index (χ1) is 8.20. The summed E-state index contributed by atoms with van der Waals surface area (Å²) < 4.78 is 0. The Balaban J connectivity index is 2.05. The van der Waals surface area contributed by atoms with Gasteiger partial charge in [0, 0.05) is 24.9 Å². The summed E-state index contributed by atoms with van der Waals surface area (Å²) in [4.78, 5) is 13.9. The van der Waals surface area contributed by atoms with E-state index < -0.39 is 0 Å². The van der Waals surface area contributed by atoms with Gasteiger partial charge in [-0.25, -0.2) is 0 Å². The number of hydrogen-bond donors (Lipinski definition) is 0. The molecule has 0 heterocycles. The number of alkyl halides is 1. The highest BCUT2D eigenvalue weighted by atomic mass is 35.5. The van der Waals surface area contributed by atoms with Crippen LogP contribution in [0.3, 0.4) is 0 Å². The third-order valence-corrected chi connectivity index (χ3v) is 3.24. The molecule has 0 aliphatic heterocycles. The first-order valence-corrected chi connectivity index (χ1v) is 6.65. The smallest absolute Gasteiger partial charge is 0.224 e. The largest absolute Gasteiger partial charge is 0.335 e. The van der Waals surface area contributed by atoms with Crippen LogP contribution < -0.4 is 0 Å². The van der Waals surface area contributed by atoms with E-state index in [2.05, 4.69) is 25.1 Å². The minimum Gasteiger partial charge on any atom is -0.335 e. The van der Waals surface area contributed by atoms with E-state index in [1.165, 1.54) is 11.1 Å². The van der Waals surface area contributed by atoms with Gasteiger partial charge >= 0.3 is 0 Å². The van der Waals surface area contributed by atoms with Gasteiger partial charge in [-0.1, -0.05) is 29.8 Å². The summed E-state index contributed by atoms with van der Waals surface area (Å²) in [5.74, 6) is 0.597. The molecule has 0 radical (unpaired) electrons. The zero-order chi connectivity index (χ0) is 12.3. The molecule has 0 bridgehead atoms.